The summed E-state index contributed by atoms with van der Waals surface area (Å²) in [5, 5.41) is 10.1. The number of aliphatic hydroxyl groups is 1. The molecule has 2 aromatic heterocycles. The Hall–Kier alpha value is -3.04. The lowest BCUT2D eigenvalue weighted by atomic mass is 9.99. The molecule has 4 aromatic rings. The molecule has 0 aliphatic heterocycles. The summed E-state index contributed by atoms with van der Waals surface area (Å²) < 4.78 is 0. The lowest BCUT2D eigenvalue weighted by Gasteiger charge is -2.09. The quantitative estimate of drug-likeness (QED) is 0.505. The van der Waals surface area contributed by atoms with E-state index in [2.05, 4.69) is 66.5 Å². The summed E-state index contributed by atoms with van der Waals surface area (Å²) in [7, 11) is 0. The molecule has 3 nitrogen and oxygen atoms in total. The zero-order valence-electron chi connectivity index (χ0n) is 16.3. The van der Waals surface area contributed by atoms with E-state index in [9.17, 15) is 0 Å². The Morgan fingerprint density at radius 2 is 1.46 bits per heavy atom. The van der Waals surface area contributed by atoms with Crippen LogP contribution in [0.5, 0.6) is 0 Å². The molecule has 0 saturated carbocycles. The van der Waals surface area contributed by atoms with E-state index >= 15 is 0 Å². The van der Waals surface area contributed by atoms with Gasteiger partial charge in [0.2, 0.25) is 0 Å². The minimum Gasteiger partial charge on any atom is -0.396 e. The van der Waals surface area contributed by atoms with Gasteiger partial charge >= 0.3 is 0 Å². The standard InChI is InChI=1S/C25H24N2O/c1-17-16-24(27-23-13-14-26-18(2)25(17)23)22-11-9-21(10-12-22)20-7-5-19(6-8-20)4-3-15-28/h5-14,16,28H,3-4,15H2,1-2H3. The summed E-state index contributed by atoms with van der Waals surface area (Å²) in [6, 6.07) is 21.3. The maximum atomic E-state index is 8.96. The fourth-order valence-corrected chi connectivity index (χ4v) is 3.70. The second kappa shape index (κ2) is 7.91. The van der Waals surface area contributed by atoms with Gasteiger partial charge in [0.15, 0.2) is 0 Å². The zero-order chi connectivity index (χ0) is 19.5. The summed E-state index contributed by atoms with van der Waals surface area (Å²) in [4.78, 5) is 9.24. The van der Waals surface area contributed by atoms with Gasteiger partial charge in [-0.25, -0.2) is 4.98 Å². The molecule has 3 heteroatoms. The van der Waals surface area contributed by atoms with Gasteiger partial charge in [0.05, 0.1) is 11.2 Å². The molecule has 0 aliphatic carbocycles. The molecule has 0 fully saturated rings. The minimum atomic E-state index is 0.238. The topological polar surface area (TPSA) is 46.0 Å². The molecule has 0 atom stereocenters. The van der Waals surface area contributed by atoms with Crippen molar-refractivity contribution < 1.29 is 5.11 Å². The Balaban J connectivity index is 1.62. The van der Waals surface area contributed by atoms with Gasteiger partial charge in [-0.15, -0.1) is 0 Å². The van der Waals surface area contributed by atoms with E-state index in [-0.39, 0.29) is 6.61 Å². The van der Waals surface area contributed by atoms with E-state index in [1.54, 1.807) is 0 Å². The number of benzene rings is 2. The molecule has 2 heterocycles. The van der Waals surface area contributed by atoms with Crippen LogP contribution in [0.25, 0.3) is 33.3 Å². The van der Waals surface area contributed by atoms with Gasteiger partial charge in [-0.2, -0.15) is 0 Å². The molecule has 2 aromatic carbocycles. The summed E-state index contributed by atoms with van der Waals surface area (Å²) in [6.45, 7) is 4.39. The average molecular weight is 368 g/mol. The highest BCUT2D eigenvalue weighted by molar-refractivity contribution is 5.86. The second-order valence-corrected chi connectivity index (χ2v) is 7.22. The molecule has 28 heavy (non-hydrogen) atoms. The number of aromatic nitrogens is 2. The minimum absolute atomic E-state index is 0.238. The number of nitrogens with zero attached hydrogens (tertiary/aromatic N) is 2. The van der Waals surface area contributed by atoms with Gasteiger partial charge in [0.25, 0.3) is 0 Å². The van der Waals surface area contributed by atoms with Crippen LogP contribution >= 0.6 is 0 Å². The van der Waals surface area contributed by atoms with E-state index in [1.165, 1.54) is 22.3 Å². The van der Waals surface area contributed by atoms with Crippen LogP contribution in [-0.2, 0) is 6.42 Å². The lowest BCUT2D eigenvalue weighted by molar-refractivity contribution is 0.288. The number of rotatable bonds is 5. The third-order valence-corrected chi connectivity index (χ3v) is 5.20. The van der Waals surface area contributed by atoms with Crippen molar-refractivity contribution in [2.75, 3.05) is 6.61 Å². The summed E-state index contributed by atoms with van der Waals surface area (Å²) in [5.41, 5.74) is 8.96. The monoisotopic (exact) mass is 368 g/mol. The number of fused-ring (bicyclic) bond motifs is 1. The summed E-state index contributed by atoms with van der Waals surface area (Å²) >= 11 is 0. The second-order valence-electron chi connectivity index (χ2n) is 7.22. The van der Waals surface area contributed by atoms with Crippen LogP contribution in [-0.4, -0.2) is 21.7 Å². The van der Waals surface area contributed by atoms with E-state index in [4.69, 9.17) is 10.1 Å². The van der Waals surface area contributed by atoms with Crippen LogP contribution < -0.4 is 0 Å². The van der Waals surface area contributed by atoms with Crippen LogP contribution in [0.4, 0.5) is 0 Å². The number of aryl methyl sites for hydroxylation is 3. The van der Waals surface area contributed by atoms with Crippen molar-refractivity contribution in [1.82, 2.24) is 9.97 Å². The molecule has 140 valence electrons. The largest absolute Gasteiger partial charge is 0.396 e. The van der Waals surface area contributed by atoms with Crippen LogP contribution in [0.1, 0.15) is 23.2 Å². The van der Waals surface area contributed by atoms with Gasteiger partial charge in [0, 0.05) is 29.4 Å². The van der Waals surface area contributed by atoms with E-state index in [0.29, 0.717) is 0 Å². The van der Waals surface area contributed by atoms with E-state index < -0.39 is 0 Å². The number of pyridine rings is 2. The first kappa shape index (κ1) is 18.3. The van der Waals surface area contributed by atoms with Crippen LogP contribution in [0.2, 0.25) is 0 Å². The Kier molecular flexibility index (Phi) is 5.18. The van der Waals surface area contributed by atoms with E-state index in [0.717, 1.165) is 40.7 Å². The van der Waals surface area contributed by atoms with Gasteiger partial charge in [-0.05, 0) is 61.1 Å². The third-order valence-electron chi connectivity index (χ3n) is 5.20. The first-order valence-corrected chi connectivity index (χ1v) is 9.69. The molecule has 0 amide bonds. The average Bonchev–Trinajstić information content (AvgIpc) is 2.72. The van der Waals surface area contributed by atoms with Gasteiger partial charge in [-0.1, -0.05) is 48.5 Å². The Morgan fingerprint density at radius 1 is 0.821 bits per heavy atom. The smallest absolute Gasteiger partial charge is 0.0745 e. The van der Waals surface area contributed by atoms with Crippen LogP contribution in [0.3, 0.4) is 0 Å². The summed E-state index contributed by atoms with van der Waals surface area (Å²) in [5.74, 6) is 0. The van der Waals surface area contributed by atoms with Crippen LogP contribution in [0, 0.1) is 13.8 Å². The number of aliphatic hydroxyl groups excluding tert-OH is 1. The summed E-state index contributed by atoms with van der Waals surface area (Å²) in [6.07, 6.45) is 3.54. The van der Waals surface area contributed by atoms with Crippen molar-refractivity contribution in [2.24, 2.45) is 0 Å². The van der Waals surface area contributed by atoms with Gasteiger partial charge in [0.1, 0.15) is 0 Å². The molecular weight excluding hydrogens is 344 g/mol. The van der Waals surface area contributed by atoms with Crippen molar-refractivity contribution in [3.8, 4) is 22.4 Å². The Labute approximate surface area is 165 Å². The molecule has 4 rings (SSSR count). The third kappa shape index (κ3) is 3.67. The van der Waals surface area contributed by atoms with Crippen molar-refractivity contribution in [3.63, 3.8) is 0 Å². The lowest BCUT2D eigenvalue weighted by Crippen LogP contribution is -1.93. The van der Waals surface area contributed by atoms with Crippen molar-refractivity contribution in [1.29, 1.82) is 0 Å². The molecule has 0 bridgehead atoms. The van der Waals surface area contributed by atoms with Gasteiger partial charge < -0.3 is 5.11 Å². The van der Waals surface area contributed by atoms with Crippen LogP contribution in [0.15, 0.2) is 66.9 Å². The normalized spacial score (nSPS) is 11.1. The molecule has 0 radical (unpaired) electrons. The SMILES string of the molecule is Cc1cc(-c2ccc(-c3ccc(CCCO)cc3)cc2)nc2ccnc(C)c12. The number of hydrogen-bond acceptors (Lipinski definition) is 3. The fourth-order valence-electron chi connectivity index (χ4n) is 3.70. The predicted molar refractivity (Wildman–Crippen MR) is 115 cm³/mol. The first-order valence-electron chi connectivity index (χ1n) is 9.69. The molecule has 0 unspecified atom stereocenters. The molecule has 0 aliphatic rings. The molecular formula is C25H24N2O. The highest BCUT2D eigenvalue weighted by Gasteiger charge is 2.08. The zero-order valence-corrected chi connectivity index (χ0v) is 16.3. The number of hydrogen-bond donors (Lipinski definition) is 1. The maximum Gasteiger partial charge on any atom is 0.0745 e. The van der Waals surface area contributed by atoms with Gasteiger partial charge in [-0.3, -0.25) is 4.98 Å². The Morgan fingerprint density at radius 3 is 2.14 bits per heavy atom. The fraction of sp³-hybridized carbons (Fsp3) is 0.200. The first-order chi connectivity index (χ1) is 13.7. The van der Waals surface area contributed by atoms with E-state index in [1.807, 2.05) is 19.2 Å². The molecule has 1 N–H and O–H groups in total. The maximum absolute atomic E-state index is 8.96. The molecule has 0 spiro atoms. The predicted octanol–water partition coefficient (Wildman–Crippen LogP) is 5.51. The van der Waals surface area contributed by atoms with Crippen molar-refractivity contribution in [3.05, 3.63) is 83.7 Å². The Bertz CT molecular complexity index is 1100. The van der Waals surface area contributed by atoms with Crippen molar-refractivity contribution in [2.45, 2.75) is 26.7 Å². The molecule has 0 saturated heterocycles. The van der Waals surface area contributed by atoms with Crippen molar-refractivity contribution >= 4 is 10.9 Å². The highest BCUT2D eigenvalue weighted by Crippen LogP contribution is 2.28. The highest BCUT2D eigenvalue weighted by atomic mass is 16.2.